The number of nitrogens with two attached hydrogens (primary N) is 1. The molecule has 1 aromatic carbocycles. The summed E-state index contributed by atoms with van der Waals surface area (Å²) >= 11 is 6.16. The van der Waals surface area contributed by atoms with Crippen LogP contribution in [0.3, 0.4) is 0 Å². The Labute approximate surface area is 118 Å². The number of benzene rings is 1. The number of nitrogens with zero attached hydrogens (tertiary/aromatic N) is 2. The van der Waals surface area contributed by atoms with Gasteiger partial charge in [0.25, 0.3) is 0 Å². The van der Waals surface area contributed by atoms with Gasteiger partial charge in [-0.3, -0.25) is 15.2 Å². The van der Waals surface area contributed by atoms with Gasteiger partial charge in [0.2, 0.25) is 0 Å². The fourth-order valence-electron chi connectivity index (χ4n) is 1.73. The second kappa shape index (κ2) is 6.99. The monoisotopic (exact) mass is 282 g/mol. The lowest BCUT2D eigenvalue weighted by molar-refractivity contribution is 0.251. The zero-order valence-electron chi connectivity index (χ0n) is 11.4. The molecule has 104 valence electrons. The molecule has 1 aromatic rings. The Morgan fingerprint density at radius 3 is 2.74 bits per heavy atom. The van der Waals surface area contributed by atoms with Crippen LogP contribution in [0.4, 0.5) is 10.5 Å². The maximum absolute atomic E-state index is 12.0. The van der Waals surface area contributed by atoms with E-state index < -0.39 is 0 Å². The van der Waals surface area contributed by atoms with Crippen molar-refractivity contribution in [1.82, 2.24) is 5.32 Å². The minimum absolute atomic E-state index is 0.101. The highest BCUT2D eigenvalue weighted by atomic mass is 35.5. The molecule has 0 saturated heterocycles. The number of aliphatic imine (C=N–C) groups is 1. The first kappa shape index (κ1) is 15.3. The van der Waals surface area contributed by atoms with Crippen molar-refractivity contribution in [3.63, 3.8) is 0 Å². The summed E-state index contributed by atoms with van der Waals surface area (Å²) in [6.07, 6.45) is 0.784. The Bertz CT molecular complexity index is 488. The second-order valence-electron chi connectivity index (χ2n) is 3.95. The van der Waals surface area contributed by atoms with Crippen molar-refractivity contribution in [2.24, 2.45) is 10.7 Å². The molecule has 19 heavy (non-hydrogen) atoms. The van der Waals surface area contributed by atoms with Gasteiger partial charge in [0.05, 0.1) is 10.7 Å². The molecule has 0 atom stereocenters. The Hall–Kier alpha value is -1.75. The van der Waals surface area contributed by atoms with Crippen LogP contribution in [0.15, 0.2) is 23.2 Å². The van der Waals surface area contributed by atoms with Crippen LogP contribution >= 0.6 is 11.6 Å². The Morgan fingerprint density at radius 2 is 2.16 bits per heavy atom. The van der Waals surface area contributed by atoms with Crippen LogP contribution in [0.25, 0.3) is 0 Å². The van der Waals surface area contributed by atoms with Gasteiger partial charge in [0.1, 0.15) is 0 Å². The molecule has 0 aliphatic rings. The molecular weight excluding hydrogens is 264 g/mol. The van der Waals surface area contributed by atoms with Crippen molar-refractivity contribution < 1.29 is 4.79 Å². The molecule has 0 unspecified atom stereocenters. The first-order chi connectivity index (χ1) is 9.01. The standard InChI is InChI=1S/C13H19ClN4O/c1-4-9-7-6-8-10(14)11(9)18(3)13(19)17-12(15)16-5-2/h6-8H,4-5H2,1-3H3,(H3,15,16,17,19). The first-order valence-corrected chi connectivity index (χ1v) is 6.51. The highest BCUT2D eigenvalue weighted by molar-refractivity contribution is 6.34. The number of rotatable bonds is 3. The van der Waals surface area contributed by atoms with Crippen molar-refractivity contribution in [1.29, 1.82) is 0 Å². The van der Waals surface area contributed by atoms with E-state index in [0.29, 0.717) is 17.3 Å². The van der Waals surface area contributed by atoms with Crippen LogP contribution in [-0.4, -0.2) is 25.6 Å². The molecule has 0 fully saturated rings. The molecule has 3 N–H and O–H groups in total. The number of hydrogen-bond acceptors (Lipinski definition) is 2. The van der Waals surface area contributed by atoms with Crippen molar-refractivity contribution in [3.05, 3.63) is 28.8 Å². The predicted octanol–water partition coefficient (Wildman–Crippen LogP) is 2.38. The number of guanidine groups is 1. The van der Waals surface area contributed by atoms with Gasteiger partial charge in [-0.1, -0.05) is 30.7 Å². The molecular formula is C13H19ClN4O. The zero-order chi connectivity index (χ0) is 14.4. The summed E-state index contributed by atoms with van der Waals surface area (Å²) in [5.74, 6) is 0.101. The van der Waals surface area contributed by atoms with Crippen LogP contribution in [0.2, 0.25) is 5.02 Å². The first-order valence-electron chi connectivity index (χ1n) is 6.13. The Morgan fingerprint density at radius 1 is 1.47 bits per heavy atom. The number of hydrogen-bond donors (Lipinski definition) is 2. The van der Waals surface area contributed by atoms with E-state index in [1.54, 1.807) is 13.1 Å². The Balaban J connectivity index is 2.97. The van der Waals surface area contributed by atoms with Crippen LogP contribution in [0, 0.1) is 0 Å². The zero-order valence-corrected chi connectivity index (χ0v) is 12.2. The van der Waals surface area contributed by atoms with E-state index >= 15 is 0 Å². The molecule has 1 rings (SSSR count). The highest BCUT2D eigenvalue weighted by Gasteiger charge is 2.17. The maximum Gasteiger partial charge on any atom is 0.328 e. The molecule has 5 nitrogen and oxygen atoms in total. The van der Waals surface area contributed by atoms with Gasteiger partial charge < -0.3 is 5.73 Å². The average Bonchev–Trinajstić information content (AvgIpc) is 2.37. The third-order valence-corrected chi connectivity index (χ3v) is 2.96. The molecule has 0 aliphatic carbocycles. The van der Waals surface area contributed by atoms with Crippen molar-refractivity contribution >= 4 is 29.3 Å². The van der Waals surface area contributed by atoms with Crippen molar-refractivity contribution in [2.75, 3.05) is 18.5 Å². The molecule has 6 heteroatoms. The Kier molecular flexibility index (Phi) is 5.63. The van der Waals surface area contributed by atoms with E-state index in [9.17, 15) is 4.79 Å². The van der Waals surface area contributed by atoms with Crippen LogP contribution < -0.4 is 16.0 Å². The predicted molar refractivity (Wildman–Crippen MR) is 79.9 cm³/mol. The molecule has 2 amide bonds. The molecule has 0 bridgehead atoms. The van der Waals surface area contributed by atoms with Crippen LogP contribution in [0.5, 0.6) is 0 Å². The van der Waals surface area contributed by atoms with E-state index in [2.05, 4.69) is 10.3 Å². The van der Waals surface area contributed by atoms with Gasteiger partial charge >= 0.3 is 6.03 Å². The molecule has 0 saturated carbocycles. The third kappa shape index (κ3) is 3.86. The lowest BCUT2D eigenvalue weighted by Crippen LogP contribution is -2.44. The third-order valence-electron chi connectivity index (χ3n) is 2.65. The quantitative estimate of drug-likeness (QED) is 0.660. The largest absolute Gasteiger partial charge is 0.370 e. The summed E-state index contributed by atoms with van der Waals surface area (Å²) in [7, 11) is 1.65. The smallest absolute Gasteiger partial charge is 0.328 e. The molecule has 0 aromatic heterocycles. The normalized spacial score (nSPS) is 11.3. The van der Waals surface area contributed by atoms with Gasteiger partial charge in [-0.15, -0.1) is 0 Å². The van der Waals surface area contributed by atoms with Crippen molar-refractivity contribution in [2.45, 2.75) is 20.3 Å². The number of halogens is 1. The number of carbonyl (C=O) groups excluding carboxylic acids is 1. The van der Waals surface area contributed by atoms with Gasteiger partial charge in [-0.2, -0.15) is 0 Å². The van der Waals surface area contributed by atoms with Gasteiger partial charge in [0, 0.05) is 13.6 Å². The minimum Gasteiger partial charge on any atom is -0.370 e. The summed E-state index contributed by atoms with van der Waals surface area (Å²) < 4.78 is 0. The van der Waals surface area contributed by atoms with Crippen LogP contribution in [0.1, 0.15) is 19.4 Å². The molecule has 0 radical (unpaired) electrons. The summed E-state index contributed by atoms with van der Waals surface area (Å²) in [5.41, 5.74) is 7.25. The summed E-state index contributed by atoms with van der Waals surface area (Å²) in [4.78, 5) is 17.4. The van der Waals surface area contributed by atoms with Crippen LogP contribution in [-0.2, 0) is 6.42 Å². The summed E-state index contributed by atoms with van der Waals surface area (Å²) in [6.45, 7) is 4.36. The van der Waals surface area contributed by atoms with E-state index in [-0.39, 0.29) is 12.0 Å². The number of amides is 2. The number of anilines is 1. The minimum atomic E-state index is -0.363. The maximum atomic E-state index is 12.0. The van der Waals surface area contributed by atoms with E-state index in [0.717, 1.165) is 12.0 Å². The average molecular weight is 283 g/mol. The van der Waals surface area contributed by atoms with Gasteiger partial charge in [-0.05, 0) is 25.0 Å². The summed E-state index contributed by atoms with van der Waals surface area (Å²) in [6, 6.07) is 5.19. The number of urea groups is 1. The van der Waals surface area contributed by atoms with E-state index in [4.69, 9.17) is 17.3 Å². The molecule has 0 spiro atoms. The van der Waals surface area contributed by atoms with Gasteiger partial charge in [0.15, 0.2) is 5.96 Å². The summed E-state index contributed by atoms with van der Waals surface area (Å²) in [5, 5.41) is 3.04. The lowest BCUT2D eigenvalue weighted by Gasteiger charge is -2.21. The highest BCUT2D eigenvalue weighted by Crippen LogP contribution is 2.29. The number of carbonyl (C=O) groups is 1. The van der Waals surface area contributed by atoms with E-state index in [1.807, 2.05) is 26.0 Å². The number of para-hydroxylation sites is 1. The fraction of sp³-hybridized carbons (Fsp3) is 0.385. The fourth-order valence-corrected chi connectivity index (χ4v) is 2.05. The SMILES string of the molecule is CCN=C(N)NC(=O)N(C)c1c(Cl)cccc1CC. The number of aryl methyl sites for hydroxylation is 1. The molecule has 0 heterocycles. The van der Waals surface area contributed by atoms with Gasteiger partial charge in [-0.25, -0.2) is 4.79 Å². The van der Waals surface area contributed by atoms with Crippen molar-refractivity contribution in [3.8, 4) is 0 Å². The topological polar surface area (TPSA) is 70.7 Å². The second-order valence-corrected chi connectivity index (χ2v) is 4.36. The van der Waals surface area contributed by atoms with E-state index in [1.165, 1.54) is 4.90 Å². The molecule has 0 aliphatic heterocycles. The lowest BCUT2D eigenvalue weighted by atomic mass is 10.1. The number of nitrogens with one attached hydrogen (secondary N) is 1.